The molecule has 5 nitrogen and oxygen atoms in total. The van der Waals surface area contributed by atoms with Crippen molar-refractivity contribution in [1.29, 1.82) is 0 Å². The SMILES string of the molecule is O=C1NCCN(c2ccccc2C2(O)CC2)C1=O. The first-order valence-electron chi connectivity index (χ1n) is 6.03. The summed E-state index contributed by atoms with van der Waals surface area (Å²) in [5.74, 6) is -1.14. The van der Waals surface area contributed by atoms with Crippen molar-refractivity contribution >= 4 is 17.5 Å². The minimum Gasteiger partial charge on any atom is -0.385 e. The number of benzene rings is 1. The zero-order valence-corrected chi connectivity index (χ0v) is 9.85. The van der Waals surface area contributed by atoms with Crippen LogP contribution in [0.5, 0.6) is 0 Å². The largest absolute Gasteiger partial charge is 0.385 e. The van der Waals surface area contributed by atoms with Gasteiger partial charge in [0.25, 0.3) is 0 Å². The van der Waals surface area contributed by atoms with Crippen molar-refractivity contribution in [3.8, 4) is 0 Å². The number of aliphatic hydroxyl groups is 1. The van der Waals surface area contributed by atoms with Gasteiger partial charge in [-0.2, -0.15) is 0 Å². The van der Waals surface area contributed by atoms with Crippen molar-refractivity contribution in [3.63, 3.8) is 0 Å². The molecule has 2 aliphatic rings. The summed E-state index contributed by atoms with van der Waals surface area (Å²) in [6, 6.07) is 7.25. The van der Waals surface area contributed by atoms with Crippen LogP contribution in [0.4, 0.5) is 5.69 Å². The maximum atomic E-state index is 11.9. The van der Waals surface area contributed by atoms with E-state index in [9.17, 15) is 14.7 Å². The third kappa shape index (κ3) is 1.67. The summed E-state index contributed by atoms with van der Waals surface area (Å²) in [5, 5.41) is 12.7. The summed E-state index contributed by atoms with van der Waals surface area (Å²) in [7, 11) is 0. The highest BCUT2D eigenvalue weighted by Gasteiger charge is 2.45. The maximum Gasteiger partial charge on any atom is 0.316 e. The Bertz CT molecular complexity index is 523. The molecule has 1 aliphatic heterocycles. The van der Waals surface area contributed by atoms with Crippen molar-refractivity contribution in [2.45, 2.75) is 18.4 Å². The summed E-state index contributed by atoms with van der Waals surface area (Å²) in [5.41, 5.74) is 0.579. The molecule has 1 saturated heterocycles. The van der Waals surface area contributed by atoms with Crippen LogP contribution >= 0.6 is 0 Å². The summed E-state index contributed by atoms with van der Waals surface area (Å²) >= 11 is 0. The topological polar surface area (TPSA) is 69.6 Å². The molecule has 2 amide bonds. The first kappa shape index (κ1) is 11.2. The Kier molecular flexibility index (Phi) is 2.38. The number of para-hydroxylation sites is 1. The second kappa shape index (κ2) is 3.81. The molecule has 1 aromatic carbocycles. The van der Waals surface area contributed by atoms with Crippen LogP contribution in [0.1, 0.15) is 18.4 Å². The normalized spacial score (nSPS) is 21.7. The molecule has 2 N–H and O–H groups in total. The highest BCUT2D eigenvalue weighted by molar-refractivity contribution is 6.41. The zero-order valence-electron chi connectivity index (χ0n) is 9.85. The second-order valence-electron chi connectivity index (χ2n) is 4.76. The average Bonchev–Trinajstić information content (AvgIpc) is 3.12. The molecular formula is C13H14N2O3. The van der Waals surface area contributed by atoms with E-state index in [1.807, 2.05) is 18.2 Å². The molecule has 2 fully saturated rings. The molecule has 1 saturated carbocycles. The molecule has 1 aliphatic carbocycles. The van der Waals surface area contributed by atoms with Crippen LogP contribution < -0.4 is 10.2 Å². The zero-order chi connectivity index (χ0) is 12.8. The Morgan fingerprint density at radius 1 is 1.22 bits per heavy atom. The highest BCUT2D eigenvalue weighted by Crippen LogP contribution is 2.48. The number of hydrogen-bond donors (Lipinski definition) is 2. The standard InChI is InChI=1S/C13H14N2O3/c16-11-12(17)15(8-7-14-11)10-4-2-1-3-9(10)13(18)5-6-13/h1-4,18H,5-8H2,(H,14,16). The molecule has 18 heavy (non-hydrogen) atoms. The van der Waals surface area contributed by atoms with E-state index >= 15 is 0 Å². The number of nitrogens with one attached hydrogen (secondary N) is 1. The lowest BCUT2D eigenvalue weighted by atomic mass is 10.0. The van der Waals surface area contributed by atoms with Gasteiger partial charge in [-0.3, -0.25) is 9.59 Å². The Labute approximate surface area is 104 Å². The molecule has 0 bridgehead atoms. The molecule has 3 rings (SSSR count). The van der Waals surface area contributed by atoms with E-state index in [-0.39, 0.29) is 0 Å². The summed E-state index contributed by atoms with van der Waals surface area (Å²) in [6.45, 7) is 0.884. The van der Waals surface area contributed by atoms with Gasteiger partial charge in [-0.25, -0.2) is 0 Å². The van der Waals surface area contributed by atoms with Crippen molar-refractivity contribution in [2.75, 3.05) is 18.0 Å². The van der Waals surface area contributed by atoms with Gasteiger partial charge in [0, 0.05) is 18.7 Å². The van der Waals surface area contributed by atoms with Crippen LogP contribution in [-0.2, 0) is 15.2 Å². The van der Waals surface area contributed by atoms with Gasteiger partial charge in [0.1, 0.15) is 0 Å². The predicted molar refractivity (Wildman–Crippen MR) is 64.9 cm³/mol. The average molecular weight is 246 g/mol. The number of amides is 2. The second-order valence-corrected chi connectivity index (χ2v) is 4.76. The van der Waals surface area contributed by atoms with E-state index in [1.165, 1.54) is 4.90 Å². The van der Waals surface area contributed by atoms with Gasteiger partial charge in [-0.15, -0.1) is 0 Å². The molecule has 1 heterocycles. The lowest BCUT2D eigenvalue weighted by Crippen LogP contribution is -2.52. The fourth-order valence-electron chi connectivity index (χ4n) is 2.30. The molecule has 1 aromatic rings. The first-order chi connectivity index (χ1) is 8.62. The molecule has 0 radical (unpaired) electrons. The van der Waals surface area contributed by atoms with E-state index in [0.29, 0.717) is 31.6 Å². The number of piperazine rings is 1. The number of rotatable bonds is 2. The monoisotopic (exact) mass is 246 g/mol. The minimum atomic E-state index is -0.815. The van der Waals surface area contributed by atoms with Gasteiger partial charge in [0.15, 0.2) is 0 Å². The lowest BCUT2D eigenvalue weighted by Gasteiger charge is -2.29. The van der Waals surface area contributed by atoms with E-state index < -0.39 is 17.4 Å². The quantitative estimate of drug-likeness (QED) is 0.729. The van der Waals surface area contributed by atoms with Crippen LogP contribution in [0.25, 0.3) is 0 Å². The Morgan fingerprint density at radius 3 is 2.67 bits per heavy atom. The summed E-state index contributed by atoms with van der Waals surface area (Å²) < 4.78 is 0. The number of hydrogen-bond acceptors (Lipinski definition) is 3. The third-order valence-corrected chi connectivity index (χ3v) is 3.48. The maximum absolute atomic E-state index is 11.9. The number of nitrogens with zero attached hydrogens (tertiary/aromatic N) is 1. The van der Waals surface area contributed by atoms with Gasteiger partial charge in [-0.05, 0) is 18.9 Å². The highest BCUT2D eigenvalue weighted by atomic mass is 16.3. The lowest BCUT2D eigenvalue weighted by molar-refractivity contribution is -0.138. The summed E-state index contributed by atoms with van der Waals surface area (Å²) in [4.78, 5) is 24.7. The van der Waals surface area contributed by atoms with E-state index in [1.54, 1.807) is 6.07 Å². The molecule has 0 aromatic heterocycles. The fraction of sp³-hybridized carbons (Fsp3) is 0.385. The number of carbonyl (C=O) groups is 2. The predicted octanol–water partition coefficient (Wildman–Crippen LogP) is 0.131. The van der Waals surface area contributed by atoms with Gasteiger partial charge in [-0.1, -0.05) is 18.2 Å². The van der Waals surface area contributed by atoms with Gasteiger partial charge < -0.3 is 15.3 Å². The molecule has 5 heteroatoms. The molecule has 0 unspecified atom stereocenters. The molecule has 94 valence electrons. The van der Waals surface area contributed by atoms with Crippen LogP contribution in [0, 0.1) is 0 Å². The van der Waals surface area contributed by atoms with E-state index in [2.05, 4.69) is 5.32 Å². The number of anilines is 1. The molecule has 0 atom stereocenters. The summed E-state index contributed by atoms with van der Waals surface area (Å²) in [6.07, 6.45) is 1.41. The Balaban J connectivity index is 2.01. The van der Waals surface area contributed by atoms with E-state index in [4.69, 9.17) is 0 Å². The van der Waals surface area contributed by atoms with Crippen LogP contribution in [0.3, 0.4) is 0 Å². The fourth-order valence-corrected chi connectivity index (χ4v) is 2.30. The van der Waals surface area contributed by atoms with Gasteiger partial charge in [0.05, 0.1) is 11.3 Å². The van der Waals surface area contributed by atoms with Crippen molar-refractivity contribution < 1.29 is 14.7 Å². The first-order valence-corrected chi connectivity index (χ1v) is 6.03. The minimum absolute atomic E-state index is 0.442. The van der Waals surface area contributed by atoms with Crippen molar-refractivity contribution in [3.05, 3.63) is 29.8 Å². The Morgan fingerprint density at radius 2 is 1.94 bits per heavy atom. The van der Waals surface area contributed by atoms with Crippen LogP contribution in [0.2, 0.25) is 0 Å². The van der Waals surface area contributed by atoms with Gasteiger partial charge in [0.2, 0.25) is 0 Å². The smallest absolute Gasteiger partial charge is 0.316 e. The van der Waals surface area contributed by atoms with Crippen LogP contribution in [-0.4, -0.2) is 30.0 Å². The van der Waals surface area contributed by atoms with Gasteiger partial charge >= 0.3 is 11.8 Å². The van der Waals surface area contributed by atoms with Crippen molar-refractivity contribution in [1.82, 2.24) is 5.32 Å². The Hall–Kier alpha value is -1.88. The number of carbonyl (C=O) groups excluding carboxylic acids is 2. The van der Waals surface area contributed by atoms with E-state index in [0.717, 1.165) is 5.56 Å². The van der Waals surface area contributed by atoms with Crippen LogP contribution in [0.15, 0.2) is 24.3 Å². The third-order valence-electron chi connectivity index (χ3n) is 3.48. The van der Waals surface area contributed by atoms with Crippen molar-refractivity contribution in [2.24, 2.45) is 0 Å². The molecular weight excluding hydrogens is 232 g/mol. The molecule has 0 spiro atoms.